The summed E-state index contributed by atoms with van der Waals surface area (Å²) < 4.78 is 6.51. The highest BCUT2D eigenvalue weighted by molar-refractivity contribution is 6.06. The van der Waals surface area contributed by atoms with Crippen molar-refractivity contribution >= 4 is 23.2 Å². The van der Waals surface area contributed by atoms with E-state index in [-0.39, 0.29) is 24.2 Å². The van der Waals surface area contributed by atoms with Gasteiger partial charge in [-0.2, -0.15) is 5.10 Å². The van der Waals surface area contributed by atoms with E-state index in [1.165, 1.54) is 12.1 Å². The molecule has 1 aromatic heterocycles. The number of carbonyl (C=O) groups excluding carboxylic acids is 2. The standard InChI is InChI=1S/C24H24N4O4/c1-3-32-21-11-7-5-9-18(21)25-22(29)15-27-23(30)13-12-19(26-27)24(31)28-16(2)14-17-8-4-6-10-20(17)28/h4-13,16H,3,14-15H2,1-2H3,(H,25,29)/t16-/m0/s1. The Morgan fingerprint density at radius 3 is 2.66 bits per heavy atom. The van der Waals surface area contributed by atoms with Gasteiger partial charge in [0.05, 0.1) is 12.3 Å². The Kier molecular flexibility index (Phi) is 6.02. The maximum Gasteiger partial charge on any atom is 0.278 e. The zero-order chi connectivity index (χ0) is 22.7. The second-order valence-corrected chi connectivity index (χ2v) is 7.55. The van der Waals surface area contributed by atoms with Gasteiger partial charge in [0.1, 0.15) is 18.0 Å². The minimum Gasteiger partial charge on any atom is -0.492 e. The van der Waals surface area contributed by atoms with Gasteiger partial charge in [-0.15, -0.1) is 0 Å². The predicted octanol–water partition coefficient (Wildman–Crippen LogP) is 2.87. The first-order chi connectivity index (χ1) is 15.5. The maximum absolute atomic E-state index is 13.2. The van der Waals surface area contributed by atoms with Crippen LogP contribution in [0.2, 0.25) is 0 Å². The van der Waals surface area contributed by atoms with Crippen molar-refractivity contribution in [3.63, 3.8) is 0 Å². The summed E-state index contributed by atoms with van der Waals surface area (Å²) in [5, 5.41) is 6.92. The molecule has 0 spiro atoms. The molecule has 8 heteroatoms. The SMILES string of the molecule is CCOc1ccccc1NC(=O)Cn1nc(C(=O)N2c3ccccc3C[C@@H]2C)ccc1=O. The number of benzene rings is 2. The van der Waals surface area contributed by atoms with Crippen molar-refractivity contribution in [3.8, 4) is 5.75 Å². The van der Waals surface area contributed by atoms with Crippen molar-refractivity contribution in [1.82, 2.24) is 9.78 Å². The van der Waals surface area contributed by atoms with Gasteiger partial charge in [0.25, 0.3) is 11.5 Å². The molecule has 32 heavy (non-hydrogen) atoms. The molecule has 2 amide bonds. The summed E-state index contributed by atoms with van der Waals surface area (Å²) >= 11 is 0. The van der Waals surface area contributed by atoms with E-state index >= 15 is 0 Å². The quantitative estimate of drug-likeness (QED) is 0.647. The Morgan fingerprint density at radius 1 is 1.09 bits per heavy atom. The first-order valence-electron chi connectivity index (χ1n) is 10.5. The number of carbonyl (C=O) groups is 2. The maximum atomic E-state index is 13.2. The third-order valence-corrected chi connectivity index (χ3v) is 5.27. The van der Waals surface area contributed by atoms with Crippen LogP contribution in [0, 0.1) is 0 Å². The van der Waals surface area contributed by atoms with Crippen LogP contribution in [0.4, 0.5) is 11.4 Å². The van der Waals surface area contributed by atoms with Crippen molar-refractivity contribution in [2.24, 2.45) is 0 Å². The van der Waals surface area contributed by atoms with E-state index in [4.69, 9.17) is 4.74 Å². The Balaban J connectivity index is 1.54. The summed E-state index contributed by atoms with van der Waals surface area (Å²) in [5.41, 5.74) is 2.08. The fraction of sp³-hybridized carbons (Fsp3) is 0.250. The van der Waals surface area contributed by atoms with Gasteiger partial charge in [-0.1, -0.05) is 30.3 Å². The van der Waals surface area contributed by atoms with Gasteiger partial charge in [-0.3, -0.25) is 14.4 Å². The summed E-state index contributed by atoms with van der Waals surface area (Å²) in [7, 11) is 0. The van der Waals surface area contributed by atoms with Crippen LogP contribution in [0.25, 0.3) is 0 Å². The zero-order valence-corrected chi connectivity index (χ0v) is 17.9. The van der Waals surface area contributed by atoms with Crippen LogP contribution in [-0.4, -0.2) is 34.2 Å². The predicted molar refractivity (Wildman–Crippen MR) is 121 cm³/mol. The highest BCUT2D eigenvalue weighted by Gasteiger charge is 2.32. The van der Waals surface area contributed by atoms with Gasteiger partial charge in [0.2, 0.25) is 5.91 Å². The first-order valence-corrected chi connectivity index (χ1v) is 10.5. The fourth-order valence-corrected chi connectivity index (χ4v) is 3.85. The monoisotopic (exact) mass is 432 g/mol. The number of nitrogens with one attached hydrogen (secondary N) is 1. The zero-order valence-electron chi connectivity index (χ0n) is 17.9. The molecule has 0 saturated heterocycles. The van der Waals surface area contributed by atoms with Crippen molar-refractivity contribution in [1.29, 1.82) is 0 Å². The van der Waals surface area contributed by atoms with E-state index in [1.54, 1.807) is 29.2 Å². The minimum atomic E-state index is -0.468. The first kappa shape index (κ1) is 21.3. The molecule has 2 aromatic carbocycles. The molecular weight excluding hydrogens is 408 g/mol. The van der Waals surface area contributed by atoms with Gasteiger partial charge in [0.15, 0.2) is 0 Å². The van der Waals surface area contributed by atoms with Crippen LogP contribution in [0.1, 0.15) is 29.9 Å². The van der Waals surface area contributed by atoms with Crippen LogP contribution >= 0.6 is 0 Å². The van der Waals surface area contributed by atoms with E-state index in [0.29, 0.717) is 18.0 Å². The lowest BCUT2D eigenvalue weighted by Crippen LogP contribution is -2.38. The molecule has 4 rings (SSSR count). The van der Waals surface area contributed by atoms with Crippen molar-refractivity contribution in [2.75, 3.05) is 16.8 Å². The lowest BCUT2D eigenvalue weighted by Gasteiger charge is -2.22. The number of aromatic nitrogens is 2. The Morgan fingerprint density at radius 2 is 1.84 bits per heavy atom. The average molecular weight is 432 g/mol. The second kappa shape index (κ2) is 9.05. The van der Waals surface area contributed by atoms with Crippen LogP contribution in [0.3, 0.4) is 0 Å². The molecule has 2 heterocycles. The van der Waals surface area contributed by atoms with Crippen LogP contribution < -0.4 is 20.5 Å². The molecule has 0 aliphatic carbocycles. The van der Waals surface area contributed by atoms with Crippen LogP contribution in [-0.2, 0) is 17.8 Å². The number of rotatable bonds is 6. The van der Waals surface area contributed by atoms with Crippen molar-refractivity contribution < 1.29 is 14.3 Å². The smallest absolute Gasteiger partial charge is 0.278 e. The third kappa shape index (κ3) is 4.25. The number of amides is 2. The number of fused-ring (bicyclic) bond motifs is 1. The van der Waals surface area contributed by atoms with Crippen molar-refractivity contribution in [3.05, 3.63) is 82.3 Å². The number of para-hydroxylation sites is 3. The van der Waals surface area contributed by atoms with E-state index in [1.807, 2.05) is 38.1 Å². The molecule has 8 nitrogen and oxygen atoms in total. The van der Waals surface area contributed by atoms with Crippen LogP contribution in [0.5, 0.6) is 5.75 Å². The van der Waals surface area contributed by atoms with Gasteiger partial charge < -0.3 is 15.0 Å². The molecule has 0 unspecified atom stereocenters. The van der Waals surface area contributed by atoms with Crippen LogP contribution in [0.15, 0.2) is 65.5 Å². The molecule has 3 aromatic rings. The summed E-state index contributed by atoms with van der Waals surface area (Å²) in [5.74, 6) is -0.219. The van der Waals surface area contributed by atoms with Gasteiger partial charge in [-0.05, 0) is 50.1 Å². The molecular formula is C24H24N4O4. The van der Waals surface area contributed by atoms with Crippen molar-refractivity contribution in [2.45, 2.75) is 32.9 Å². The van der Waals surface area contributed by atoms with E-state index < -0.39 is 11.5 Å². The summed E-state index contributed by atoms with van der Waals surface area (Å²) in [4.78, 5) is 39.8. The summed E-state index contributed by atoms with van der Waals surface area (Å²) in [6.07, 6.45) is 0.753. The molecule has 0 fully saturated rings. The van der Waals surface area contributed by atoms with Gasteiger partial charge in [-0.25, -0.2) is 4.68 Å². The normalized spacial score (nSPS) is 14.7. The number of anilines is 2. The molecule has 1 aliphatic heterocycles. The Labute approximate surface area is 185 Å². The number of hydrogen-bond donors (Lipinski definition) is 1. The molecule has 0 saturated carbocycles. The molecule has 164 valence electrons. The number of hydrogen-bond acceptors (Lipinski definition) is 5. The van der Waals surface area contributed by atoms with E-state index in [0.717, 1.165) is 22.4 Å². The molecule has 1 N–H and O–H groups in total. The summed E-state index contributed by atoms with van der Waals surface area (Å²) in [6.45, 7) is 3.95. The molecule has 1 aliphatic rings. The second-order valence-electron chi connectivity index (χ2n) is 7.55. The Hall–Kier alpha value is -3.94. The number of ether oxygens (including phenoxy) is 1. The highest BCUT2D eigenvalue weighted by atomic mass is 16.5. The van der Waals surface area contributed by atoms with E-state index in [9.17, 15) is 14.4 Å². The molecule has 0 radical (unpaired) electrons. The molecule has 1 atom stereocenters. The lowest BCUT2D eigenvalue weighted by molar-refractivity contribution is -0.117. The average Bonchev–Trinajstić information content (AvgIpc) is 3.12. The van der Waals surface area contributed by atoms with E-state index in [2.05, 4.69) is 10.4 Å². The third-order valence-electron chi connectivity index (χ3n) is 5.27. The number of nitrogens with zero attached hydrogens (tertiary/aromatic N) is 3. The lowest BCUT2D eigenvalue weighted by atomic mass is 10.1. The van der Waals surface area contributed by atoms with Gasteiger partial charge in [0, 0.05) is 17.8 Å². The largest absolute Gasteiger partial charge is 0.492 e. The highest BCUT2D eigenvalue weighted by Crippen LogP contribution is 2.32. The molecule has 0 bridgehead atoms. The van der Waals surface area contributed by atoms with Gasteiger partial charge >= 0.3 is 0 Å². The summed E-state index contributed by atoms with van der Waals surface area (Å²) in [6, 6.07) is 17.4. The fourth-order valence-electron chi connectivity index (χ4n) is 3.85. The topological polar surface area (TPSA) is 93.5 Å². The Bertz CT molecular complexity index is 1220. The minimum absolute atomic E-state index is 0.0274.